The minimum atomic E-state index is -0.400. The Hall–Kier alpha value is -1.52. The van der Waals surface area contributed by atoms with Crippen LogP contribution >= 0.6 is 15.9 Å². The summed E-state index contributed by atoms with van der Waals surface area (Å²) in [5, 5.41) is 9.58. The molecule has 4 heteroatoms. The summed E-state index contributed by atoms with van der Waals surface area (Å²) >= 11 is 3.48. The van der Waals surface area contributed by atoms with Gasteiger partial charge in [-0.05, 0) is 48.9 Å². The van der Waals surface area contributed by atoms with Gasteiger partial charge in [0, 0.05) is 42.0 Å². The summed E-state index contributed by atoms with van der Waals surface area (Å²) in [6.07, 6.45) is -0.400. The van der Waals surface area contributed by atoms with Crippen molar-refractivity contribution in [1.29, 1.82) is 0 Å². The van der Waals surface area contributed by atoms with Crippen molar-refractivity contribution in [2.24, 2.45) is 0 Å². The van der Waals surface area contributed by atoms with Crippen molar-refractivity contribution in [2.45, 2.75) is 13.0 Å². The van der Waals surface area contributed by atoms with Gasteiger partial charge in [0.05, 0.1) is 6.10 Å². The van der Waals surface area contributed by atoms with E-state index >= 15 is 0 Å². The quantitative estimate of drug-likeness (QED) is 0.900. The average Bonchev–Trinajstić information content (AvgIpc) is 2.56. The molecule has 1 aliphatic heterocycles. The minimum Gasteiger partial charge on any atom is -0.389 e. The van der Waals surface area contributed by atoms with Crippen LogP contribution in [0.1, 0.15) is 18.6 Å². The largest absolute Gasteiger partial charge is 0.389 e. The third kappa shape index (κ3) is 3.45. The van der Waals surface area contributed by atoms with Crippen molar-refractivity contribution in [3.63, 3.8) is 0 Å². The van der Waals surface area contributed by atoms with E-state index in [4.69, 9.17) is 0 Å². The van der Waals surface area contributed by atoms with Gasteiger partial charge in [-0.2, -0.15) is 0 Å². The van der Waals surface area contributed by atoms with Gasteiger partial charge < -0.3 is 14.9 Å². The van der Waals surface area contributed by atoms with Crippen LogP contribution in [0.3, 0.4) is 0 Å². The second kappa shape index (κ2) is 6.71. The van der Waals surface area contributed by atoms with E-state index in [1.54, 1.807) is 6.92 Å². The molecule has 0 spiro atoms. The normalized spacial score (nSPS) is 16.7. The fourth-order valence-corrected chi connectivity index (χ4v) is 3.10. The van der Waals surface area contributed by atoms with Crippen LogP contribution in [0.2, 0.25) is 0 Å². The van der Waals surface area contributed by atoms with E-state index in [1.807, 2.05) is 12.1 Å². The Labute approximate surface area is 140 Å². The van der Waals surface area contributed by atoms with E-state index in [0.29, 0.717) is 0 Å². The maximum atomic E-state index is 9.58. The molecule has 22 heavy (non-hydrogen) atoms. The molecule has 116 valence electrons. The lowest BCUT2D eigenvalue weighted by Crippen LogP contribution is -2.46. The second-order valence-corrected chi connectivity index (χ2v) is 6.63. The second-order valence-electron chi connectivity index (χ2n) is 5.72. The van der Waals surface area contributed by atoms with Gasteiger partial charge >= 0.3 is 0 Å². The zero-order valence-corrected chi connectivity index (χ0v) is 14.3. The Morgan fingerprint density at radius 1 is 0.818 bits per heavy atom. The molecule has 1 unspecified atom stereocenters. The maximum absolute atomic E-state index is 9.58. The van der Waals surface area contributed by atoms with E-state index in [9.17, 15) is 5.11 Å². The summed E-state index contributed by atoms with van der Waals surface area (Å²) in [5.74, 6) is 0. The molecular weight excluding hydrogens is 340 g/mol. The number of hydrogen-bond acceptors (Lipinski definition) is 3. The van der Waals surface area contributed by atoms with Gasteiger partial charge in [0.15, 0.2) is 0 Å². The van der Waals surface area contributed by atoms with Crippen LogP contribution in [0, 0.1) is 0 Å². The predicted molar refractivity (Wildman–Crippen MR) is 95.6 cm³/mol. The first-order chi connectivity index (χ1) is 10.6. The molecule has 3 rings (SSSR count). The molecule has 1 aliphatic rings. The first kappa shape index (κ1) is 15.4. The third-order valence-corrected chi connectivity index (χ3v) is 4.74. The Morgan fingerprint density at radius 2 is 1.23 bits per heavy atom. The zero-order valence-electron chi connectivity index (χ0n) is 12.7. The van der Waals surface area contributed by atoms with Crippen molar-refractivity contribution >= 4 is 27.3 Å². The zero-order chi connectivity index (χ0) is 15.5. The molecule has 1 N–H and O–H groups in total. The summed E-state index contributed by atoms with van der Waals surface area (Å²) in [6.45, 7) is 5.89. The topological polar surface area (TPSA) is 26.7 Å². The molecule has 1 fully saturated rings. The standard InChI is InChI=1S/C18H21BrN2O/c1-14(22)15-2-6-17(7-3-15)20-10-12-21(13-11-20)18-8-4-16(19)5-9-18/h2-9,14,22H,10-13H2,1H3. The molecule has 0 aliphatic carbocycles. The summed E-state index contributed by atoms with van der Waals surface area (Å²) in [5.41, 5.74) is 3.49. The number of benzene rings is 2. The van der Waals surface area contributed by atoms with E-state index < -0.39 is 6.10 Å². The molecule has 0 aromatic heterocycles. The Bertz CT molecular complexity index is 602. The van der Waals surface area contributed by atoms with Crippen molar-refractivity contribution in [1.82, 2.24) is 0 Å². The molecule has 0 saturated carbocycles. The highest BCUT2D eigenvalue weighted by molar-refractivity contribution is 9.10. The number of nitrogens with zero attached hydrogens (tertiary/aromatic N) is 2. The SMILES string of the molecule is CC(O)c1ccc(N2CCN(c3ccc(Br)cc3)CC2)cc1. The minimum absolute atomic E-state index is 0.400. The van der Waals surface area contributed by atoms with Crippen molar-refractivity contribution < 1.29 is 5.11 Å². The van der Waals surface area contributed by atoms with E-state index in [1.165, 1.54) is 11.4 Å². The van der Waals surface area contributed by atoms with Gasteiger partial charge in [-0.15, -0.1) is 0 Å². The van der Waals surface area contributed by atoms with E-state index in [2.05, 4.69) is 62.1 Å². The highest BCUT2D eigenvalue weighted by Crippen LogP contribution is 2.23. The fraction of sp³-hybridized carbons (Fsp3) is 0.333. The Balaban J connectivity index is 1.62. The average molecular weight is 361 g/mol. The van der Waals surface area contributed by atoms with Gasteiger partial charge in [-0.25, -0.2) is 0 Å². The molecule has 0 bridgehead atoms. The van der Waals surface area contributed by atoms with Crippen LogP contribution in [0.5, 0.6) is 0 Å². The van der Waals surface area contributed by atoms with Crippen LogP contribution in [-0.4, -0.2) is 31.3 Å². The lowest BCUT2D eigenvalue weighted by atomic mass is 10.1. The first-order valence-corrected chi connectivity index (χ1v) is 8.46. The van der Waals surface area contributed by atoms with Crippen molar-refractivity contribution in [2.75, 3.05) is 36.0 Å². The molecular formula is C18H21BrN2O. The van der Waals surface area contributed by atoms with Gasteiger partial charge in [-0.3, -0.25) is 0 Å². The predicted octanol–water partition coefficient (Wildman–Crippen LogP) is 3.83. The number of hydrogen-bond donors (Lipinski definition) is 1. The molecule has 1 atom stereocenters. The molecule has 1 saturated heterocycles. The number of aliphatic hydroxyl groups is 1. The van der Waals surface area contributed by atoms with Crippen LogP contribution in [-0.2, 0) is 0 Å². The van der Waals surface area contributed by atoms with Gasteiger partial charge in [-0.1, -0.05) is 28.1 Å². The molecule has 2 aromatic carbocycles. The summed E-state index contributed by atoms with van der Waals surface area (Å²) in [4.78, 5) is 4.83. The molecule has 2 aromatic rings. The maximum Gasteiger partial charge on any atom is 0.0761 e. The first-order valence-electron chi connectivity index (χ1n) is 7.67. The molecule has 3 nitrogen and oxygen atoms in total. The fourth-order valence-electron chi connectivity index (χ4n) is 2.84. The number of halogens is 1. The lowest BCUT2D eigenvalue weighted by Gasteiger charge is -2.37. The van der Waals surface area contributed by atoms with Crippen LogP contribution < -0.4 is 9.80 Å². The molecule has 0 radical (unpaired) electrons. The number of aliphatic hydroxyl groups excluding tert-OH is 1. The Morgan fingerprint density at radius 3 is 1.64 bits per heavy atom. The summed E-state index contributed by atoms with van der Waals surface area (Å²) in [6, 6.07) is 16.8. The number of rotatable bonds is 3. The molecule has 0 amide bonds. The highest BCUT2D eigenvalue weighted by atomic mass is 79.9. The molecule has 1 heterocycles. The summed E-state index contributed by atoms with van der Waals surface area (Å²) < 4.78 is 1.12. The van der Waals surface area contributed by atoms with Crippen LogP contribution in [0.4, 0.5) is 11.4 Å². The van der Waals surface area contributed by atoms with Gasteiger partial charge in [0.25, 0.3) is 0 Å². The smallest absolute Gasteiger partial charge is 0.0761 e. The van der Waals surface area contributed by atoms with Crippen LogP contribution in [0.15, 0.2) is 53.0 Å². The van der Waals surface area contributed by atoms with Crippen LogP contribution in [0.25, 0.3) is 0 Å². The van der Waals surface area contributed by atoms with Gasteiger partial charge in [0.2, 0.25) is 0 Å². The Kier molecular flexibility index (Phi) is 4.69. The van der Waals surface area contributed by atoms with E-state index in [0.717, 1.165) is 36.2 Å². The highest BCUT2D eigenvalue weighted by Gasteiger charge is 2.17. The van der Waals surface area contributed by atoms with Crippen molar-refractivity contribution in [3.05, 3.63) is 58.6 Å². The number of piperazine rings is 1. The van der Waals surface area contributed by atoms with Crippen molar-refractivity contribution in [3.8, 4) is 0 Å². The third-order valence-electron chi connectivity index (χ3n) is 4.21. The van der Waals surface area contributed by atoms with E-state index in [-0.39, 0.29) is 0 Å². The van der Waals surface area contributed by atoms with Gasteiger partial charge in [0.1, 0.15) is 0 Å². The lowest BCUT2D eigenvalue weighted by molar-refractivity contribution is 0.199. The number of anilines is 2. The summed E-state index contributed by atoms with van der Waals surface area (Å²) in [7, 11) is 0. The monoisotopic (exact) mass is 360 g/mol.